The number of hydrogen-bond donors (Lipinski definition) is 1. The van der Waals surface area contributed by atoms with E-state index in [1.807, 2.05) is 36.2 Å². The average Bonchev–Trinajstić information content (AvgIpc) is 2.39. The molecular formula is C13H17IN2O. The van der Waals surface area contributed by atoms with Crippen LogP contribution in [0, 0.1) is 3.57 Å². The number of benzene rings is 1. The summed E-state index contributed by atoms with van der Waals surface area (Å²) in [5.41, 5.74) is 0.807. The lowest BCUT2D eigenvalue weighted by molar-refractivity contribution is 0.0707. The molecule has 92 valence electrons. The van der Waals surface area contributed by atoms with Gasteiger partial charge >= 0.3 is 0 Å². The van der Waals surface area contributed by atoms with Gasteiger partial charge in [-0.05, 0) is 54.1 Å². The van der Waals surface area contributed by atoms with Crippen LogP contribution in [0.1, 0.15) is 23.2 Å². The number of carbonyl (C=O) groups is 1. The molecule has 1 aliphatic rings. The highest BCUT2D eigenvalue weighted by atomic mass is 127. The zero-order valence-corrected chi connectivity index (χ0v) is 12.1. The lowest BCUT2D eigenvalue weighted by Crippen LogP contribution is -2.46. The average molecular weight is 344 g/mol. The summed E-state index contributed by atoms with van der Waals surface area (Å²) in [5.74, 6) is 0.128. The number of hydrogen-bond acceptors (Lipinski definition) is 2. The SMILES string of the molecule is CN(C(=O)c1ccccc1I)[C@H]1CCCNC1. The van der Waals surface area contributed by atoms with Crippen molar-refractivity contribution < 1.29 is 4.79 Å². The minimum Gasteiger partial charge on any atom is -0.337 e. The van der Waals surface area contributed by atoms with Crippen LogP contribution in [-0.4, -0.2) is 37.0 Å². The largest absolute Gasteiger partial charge is 0.337 e. The molecule has 1 atom stereocenters. The molecule has 0 aromatic heterocycles. The maximum Gasteiger partial charge on any atom is 0.254 e. The standard InChI is InChI=1S/C13H17IN2O/c1-16(10-5-4-8-15-9-10)13(17)11-6-2-3-7-12(11)14/h2-3,6-7,10,15H,4-5,8-9H2,1H3/t10-/m0/s1. The van der Waals surface area contributed by atoms with Crippen molar-refractivity contribution in [2.45, 2.75) is 18.9 Å². The number of halogens is 1. The summed E-state index contributed by atoms with van der Waals surface area (Å²) >= 11 is 2.22. The molecule has 0 unspecified atom stereocenters. The van der Waals surface area contributed by atoms with E-state index in [1.165, 1.54) is 0 Å². The van der Waals surface area contributed by atoms with Gasteiger partial charge in [0.1, 0.15) is 0 Å². The van der Waals surface area contributed by atoms with Crippen molar-refractivity contribution >= 4 is 28.5 Å². The van der Waals surface area contributed by atoms with Crippen LogP contribution >= 0.6 is 22.6 Å². The fourth-order valence-electron chi connectivity index (χ4n) is 2.15. The predicted octanol–water partition coefficient (Wildman–Crippen LogP) is 2.12. The quantitative estimate of drug-likeness (QED) is 0.834. The molecule has 3 nitrogen and oxygen atoms in total. The fraction of sp³-hybridized carbons (Fsp3) is 0.462. The van der Waals surface area contributed by atoms with Crippen LogP contribution in [0.25, 0.3) is 0 Å². The van der Waals surface area contributed by atoms with E-state index < -0.39 is 0 Å². The Morgan fingerprint density at radius 3 is 2.88 bits per heavy atom. The molecule has 0 spiro atoms. The van der Waals surface area contributed by atoms with Crippen LogP contribution in [0.3, 0.4) is 0 Å². The minimum absolute atomic E-state index is 0.128. The third kappa shape index (κ3) is 2.98. The maximum absolute atomic E-state index is 12.4. The second-order valence-electron chi connectivity index (χ2n) is 4.40. The lowest BCUT2D eigenvalue weighted by Gasteiger charge is -2.32. The van der Waals surface area contributed by atoms with E-state index in [1.54, 1.807) is 0 Å². The topological polar surface area (TPSA) is 32.3 Å². The Bertz CT molecular complexity index is 402. The molecular weight excluding hydrogens is 327 g/mol. The van der Waals surface area contributed by atoms with Gasteiger partial charge < -0.3 is 10.2 Å². The second-order valence-corrected chi connectivity index (χ2v) is 5.56. The molecule has 1 saturated heterocycles. The second kappa shape index (κ2) is 5.82. The molecule has 0 bridgehead atoms. The van der Waals surface area contributed by atoms with Crippen LogP contribution in [-0.2, 0) is 0 Å². The van der Waals surface area contributed by atoms with Crippen molar-refractivity contribution in [3.63, 3.8) is 0 Å². The Morgan fingerprint density at radius 1 is 1.47 bits per heavy atom. The van der Waals surface area contributed by atoms with Gasteiger partial charge in [-0.1, -0.05) is 12.1 Å². The molecule has 1 aromatic carbocycles. The highest BCUT2D eigenvalue weighted by molar-refractivity contribution is 14.1. The normalized spacial score (nSPS) is 20.0. The first-order chi connectivity index (χ1) is 8.20. The first-order valence-corrected chi connectivity index (χ1v) is 7.00. The van der Waals surface area contributed by atoms with E-state index in [4.69, 9.17) is 0 Å². The summed E-state index contributed by atoms with van der Waals surface area (Å²) < 4.78 is 1.02. The third-order valence-corrected chi connectivity index (χ3v) is 4.18. The zero-order valence-electron chi connectivity index (χ0n) is 9.95. The Labute approximate surface area is 116 Å². The van der Waals surface area contributed by atoms with E-state index >= 15 is 0 Å². The summed E-state index contributed by atoms with van der Waals surface area (Å²) in [7, 11) is 1.91. The van der Waals surface area contributed by atoms with E-state index in [0.717, 1.165) is 35.1 Å². The van der Waals surface area contributed by atoms with Crippen LogP contribution in [0.15, 0.2) is 24.3 Å². The van der Waals surface area contributed by atoms with Crippen LogP contribution in [0.4, 0.5) is 0 Å². The van der Waals surface area contributed by atoms with Crippen molar-refractivity contribution in [1.82, 2.24) is 10.2 Å². The smallest absolute Gasteiger partial charge is 0.254 e. The third-order valence-electron chi connectivity index (χ3n) is 3.24. The van der Waals surface area contributed by atoms with Crippen LogP contribution < -0.4 is 5.32 Å². The number of nitrogens with one attached hydrogen (secondary N) is 1. The van der Waals surface area contributed by atoms with Crippen molar-refractivity contribution in [2.24, 2.45) is 0 Å². The molecule has 0 saturated carbocycles. The highest BCUT2D eigenvalue weighted by Crippen LogP contribution is 2.16. The number of piperidine rings is 1. The summed E-state index contributed by atoms with van der Waals surface area (Å²) in [4.78, 5) is 14.2. The van der Waals surface area contributed by atoms with Crippen LogP contribution in [0.2, 0.25) is 0 Å². The van der Waals surface area contributed by atoms with Gasteiger partial charge in [0.05, 0.1) is 5.56 Å². The molecule has 1 heterocycles. The number of nitrogens with zero attached hydrogens (tertiary/aromatic N) is 1. The van der Waals surface area contributed by atoms with Gasteiger partial charge in [-0.3, -0.25) is 4.79 Å². The molecule has 4 heteroatoms. The monoisotopic (exact) mass is 344 g/mol. The van der Waals surface area contributed by atoms with Crippen molar-refractivity contribution in [3.05, 3.63) is 33.4 Å². The summed E-state index contributed by atoms with van der Waals surface area (Å²) in [6, 6.07) is 8.08. The lowest BCUT2D eigenvalue weighted by atomic mass is 10.1. The minimum atomic E-state index is 0.128. The van der Waals surface area contributed by atoms with Crippen molar-refractivity contribution in [3.8, 4) is 0 Å². The Kier molecular flexibility index (Phi) is 4.39. The van der Waals surface area contributed by atoms with Crippen molar-refractivity contribution in [1.29, 1.82) is 0 Å². The molecule has 0 radical (unpaired) electrons. The molecule has 17 heavy (non-hydrogen) atoms. The Morgan fingerprint density at radius 2 is 2.24 bits per heavy atom. The first-order valence-electron chi connectivity index (χ1n) is 5.92. The molecule has 0 aliphatic carbocycles. The Hall–Kier alpha value is -0.620. The summed E-state index contributed by atoms with van der Waals surface area (Å²) in [6.45, 7) is 1.98. The summed E-state index contributed by atoms with van der Waals surface area (Å²) in [6.07, 6.45) is 2.24. The van der Waals surface area contributed by atoms with Gasteiger partial charge in [0, 0.05) is 23.2 Å². The molecule has 1 amide bonds. The number of rotatable bonds is 2. The maximum atomic E-state index is 12.4. The molecule has 1 fully saturated rings. The van der Waals surface area contributed by atoms with E-state index in [2.05, 4.69) is 27.9 Å². The predicted molar refractivity (Wildman–Crippen MR) is 77.1 cm³/mol. The highest BCUT2D eigenvalue weighted by Gasteiger charge is 2.23. The van der Waals surface area contributed by atoms with E-state index in [9.17, 15) is 4.79 Å². The zero-order chi connectivity index (χ0) is 12.3. The fourth-order valence-corrected chi connectivity index (χ4v) is 2.77. The van der Waals surface area contributed by atoms with Gasteiger partial charge in [-0.15, -0.1) is 0 Å². The van der Waals surface area contributed by atoms with E-state index in [-0.39, 0.29) is 5.91 Å². The van der Waals surface area contributed by atoms with Crippen LogP contribution in [0.5, 0.6) is 0 Å². The molecule has 1 aliphatic heterocycles. The molecule has 1 aromatic rings. The van der Waals surface area contributed by atoms with Crippen molar-refractivity contribution in [2.75, 3.05) is 20.1 Å². The Balaban J connectivity index is 2.11. The molecule has 2 rings (SSSR count). The first kappa shape index (κ1) is 12.8. The number of likely N-dealkylation sites (N-methyl/N-ethyl adjacent to an activating group) is 1. The van der Waals surface area contributed by atoms with Gasteiger partial charge in [0.2, 0.25) is 0 Å². The molecule has 1 N–H and O–H groups in total. The van der Waals surface area contributed by atoms with Gasteiger partial charge in [0.15, 0.2) is 0 Å². The summed E-state index contributed by atoms with van der Waals surface area (Å²) in [5, 5.41) is 3.34. The number of carbonyl (C=O) groups excluding carboxylic acids is 1. The van der Waals surface area contributed by atoms with E-state index in [0.29, 0.717) is 6.04 Å². The van der Waals surface area contributed by atoms with Gasteiger partial charge in [-0.25, -0.2) is 0 Å². The van der Waals surface area contributed by atoms with Gasteiger partial charge in [-0.2, -0.15) is 0 Å². The number of amides is 1. The van der Waals surface area contributed by atoms with Gasteiger partial charge in [0.25, 0.3) is 5.91 Å².